The Morgan fingerprint density at radius 1 is 1.53 bits per heavy atom. The molecule has 3 N–H and O–H groups in total. The average Bonchev–Trinajstić information content (AvgIpc) is 2.75. The van der Waals surface area contributed by atoms with E-state index < -0.39 is 0 Å². The lowest BCUT2D eigenvalue weighted by molar-refractivity contribution is -0.124. The van der Waals surface area contributed by atoms with Crippen LogP contribution < -0.4 is 11.1 Å². The Labute approximate surface area is 118 Å². The molecular weight excluding hydrogens is 260 g/mol. The van der Waals surface area contributed by atoms with Gasteiger partial charge < -0.3 is 11.1 Å². The molecule has 0 bridgehead atoms. The average molecular weight is 279 g/mol. The first-order valence-corrected chi connectivity index (χ1v) is 6.91. The fourth-order valence-corrected chi connectivity index (χ4v) is 2.55. The van der Waals surface area contributed by atoms with E-state index in [2.05, 4.69) is 5.32 Å². The molecule has 0 aromatic heterocycles. The van der Waals surface area contributed by atoms with E-state index in [0.29, 0.717) is 6.42 Å². The predicted octanol–water partition coefficient (Wildman–Crippen LogP) is 2.29. The Bertz CT molecular complexity index is 487. The normalized spacial score (nSPS) is 23.3. The third-order valence-corrected chi connectivity index (χ3v) is 3.51. The Hall–Kier alpha value is -1.32. The fourth-order valence-electron chi connectivity index (χ4n) is 2.34. The van der Waals surface area contributed by atoms with Crippen molar-refractivity contribution in [3.05, 3.63) is 47.0 Å². The van der Waals surface area contributed by atoms with Crippen LogP contribution >= 0.6 is 11.6 Å². The molecule has 3 atom stereocenters. The lowest BCUT2D eigenvalue weighted by atomic mass is 10.0. The Morgan fingerprint density at radius 2 is 2.32 bits per heavy atom. The number of rotatable bonds is 4. The molecule has 1 aliphatic carbocycles. The minimum atomic E-state index is -0.0863. The zero-order valence-corrected chi connectivity index (χ0v) is 11.7. The molecule has 19 heavy (non-hydrogen) atoms. The van der Waals surface area contributed by atoms with Crippen molar-refractivity contribution in [1.82, 2.24) is 5.32 Å². The van der Waals surface area contributed by atoms with Crippen LogP contribution in [0, 0.1) is 5.92 Å². The van der Waals surface area contributed by atoms with Gasteiger partial charge in [0.15, 0.2) is 0 Å². The smallest absolute Gasteiger partial charge is 0.227 e. The quantitative estimate of drug-likeness (QED) is 0.831. The fraction of sp³-hybridized carbons (Fsp3) is 0.400. The van der Waals surface area contributed by atoms with E-state index >= 15 is 0 Å². The molecule has 1 amide bonds. The summed E-state index contributed by atoms with van der Waals surface area (Å²) in [4.78, 5) is 12.0. The van der Waals surface area contributed by atoms with Crippen molar-refractivity contribution < 1.29 is 4.79 Å². The highest BCUT2D eigenvalue weighted by molar-refractivity contribution is 6.30. The third kappa shape index (κ3) is 4.08. The van der Waals surface area contributed by atoms with Crippen molar-refractivity contribution in [3.8, 4) is 0 Å². The molecule has 0 heterocycles. The standard InChI is InChI=1S/C15H19ClN2O/c1-10(7-11-3-2-4-13(16)8-11)18-15(19)12-5-6-14(17)9-12/h2-6,8,10,12,14H,7,9,17H2,1H3,(H,18,19). The summed E-state index contributed by atoms with van der Waals surface area (Å²) in [7, 11) is 0. The molecule has 0 radical (unpaired) electrons. The third-order valence-electron chi connectivity index (χ3n) is 3.27. The SMILES string of the molecule is CC(Cc1cccc(Cl)c1)NC(=O)C1C=CC(N)C1. The van der Waals surface area contributed by atoms with Crippen LogP contribution in [0.4, 0.5) is 0 Å². The number of carbonyl (C=O) groups is 1. The van der Waals surface area contributed by atoms with Gasteiger partial charge >= 0.3 is 0 Å². The van der Waals surface area contributed by atoms with Gasteiger partial charge in [0.2, 0.25) is 5.91 Å². The second-order valence-electron chi connectivity index (χ2n) is 5.13. The van der Waals surface area contributed by atoms with Crippen molar-refractivity contribution in [2.45, 2.75) is 31.8 Å². The van der Waals surface area contributed by atoms with E-state index in [1.54, 1.807) is 0 Å². The molecule has 102 valence electrons. The van der Waals surface area contributed by atoms with Crippen LogP contribution in [-0.4, -0.2) is 18.0 Å². The van der Waals surface area contributed by atoms with Gasteiger partial charge in [-0.25, -0.2) is 0 Å². The van der Waals surface area contributed by atoms with Gasteiger partial charge in [-0.05, 0) is 37.5 Å². The summed E-state index contributed by atoms with van der Waals surface area (Å²) >= 11 is 5.94. The van der Waals surface area contributed by atoms with Gasteiger partial charge in [-0.2, -0.15) is 0 Å². The topological polar surface area (TPSA) is 55.1 Å². The van der Waals surface area contributed by atoms with Gasteiger partial charge in [-0.3, -0.25) is 4.79 Å². The molecule has 0 fully saturated rings. The molecule has 3 nitrogen and oxygen atoms in total. The lowest BCUT2D eigenvalue weighted by Crippen LogP contribution is -2.38. The van der Waals surface area contributed by atoms with Gasteiger partial charge in [0, 0.05) is 17.1 Å². The van der Waals surface area contributed by atoms with Crippen LogP contribution in [0.3, 0.4) is 0 Å². The van der Waals surface area contributed by atoms with Crippen LogP contribution in [0.1, 0.15) is 18.9 Å². The van der Waals surface area contributed by atoms with Gasteiger partial charge in [0.25, 0.3) is 0 Å². The number of nitrogens with one attached hydrogen (secondary N) is 1. The van der Waals surface area contributed by atoms with Gasteiger partial charge in [-0.15, -0.1) is 0 Å². The second kappa shape index (κ2) is 6.22. The molecule has 2 rings (SSSR count). The largest absolute Gasteiger partial charge is 0.353 e. The summed E-state index contributed by atoms with van der Waals surface area (Å²) in [5.41, 5.74) is 6.88. The van der Waals surface area contributed by atoms with Crippen LogP contribution in [-0.2, 0) is 11.2 Å². The van der Waals surface area contributed by atoms with Crippen molar-refractivity contribution in [3.63, 3.8) is 0 Å². The summed E-state index contributed by atoms with van der Waals surface area (Å²) < 4.78 is 0. The first-order valence-electron chi connectivity index (χ1n) is 6.53. The molecule has 1 aliphatic rings. The summed E-state index contributed by atoms with van der Waals surface area (Å²) in [6, 6.07) is 7.80. The summed E-state index contributed by atoms with van der Waals surface area (Å²) in [5, 5.41) is 3.74. The highest BCUT2D eigenvalue weighted by Gasteiger charge is 2.23. The zero-order valence-electron chi connectivity index (χ0n) is 11.0. The highest BCUT2D eigenvalue weighted by atomic mass is 35.5. The van der Waals surface area contributed by atoms with Crippen molar-refractivity contribution in [1.29, 1.82) is 0 Å². The van der Waals surface area contributed by atoms with Crippen molar-refractivity contribution >= 4 is 17.5 Å². The van der Waals surface area contributed by atoms with Crippen LogP contribution in [0.5, 0.6) is 0 Å². The summed E-state index contributed by atoms with van der Waals surface area (Å²) in [6.45, 7) is 2.00. The monoisotopic (exact) mass is 278 g/mol. The van der Waals surface area contributed by atoms with Crippen LogP contribution in [0.25, 0.3) is 0 Å². The maximum Gasteiger partial charge on any atom is 0.227 e. The maximum atomic E-state index is 12.0. The number of benzene rings is 1. The Kier molecular flexibility index (Phi) is 4.61. The molecule has 1 aromatic carbocycles. The van der Waals surface area contributed by atoms with Crippen LogP contribution in [0.2, 0.25) is 5.02 Å². The van der Waals surface area contributed by atoms with E-state index in [1.165, 1.54) is 0 Å². The van der Waals surface area contributed by atoms with Crippen molar-refractivity contribution in [2.75, 3.05) is 0 Å². The summed E-state index contributed by atoms with van der Waals surface area (Å²) in [6.07, 6.45) is 5.27. The van der Waals surface area contributed by atoms with Gasteiger partial charge in [0.05, 0.1) is 5.92 Å². The van der Waals surface area contributed by atoms with E-state index in [1.807, 2.05) is 43.3 Å². The number of hydrogen-bond acceptors (Lipinski definition) is 2. The van der Waals surface area contributed by atoms with Gasteiger partial charge in [-0.1, -0.05) is 35.9 Å². The van der Waals surface area contributed by atoms with E-state index in [0.717, 1.165) is 17.0 Å². The van der Waals surface area contributed by atoms with Crippen LogP contribution in [0.15, 0.2) is 36.4 Å². The zero-order chi connectivity index (χ0) is 13.8. The highest BCUT2D eigenvalue weighted by Crippen LogP contribution is 2.17. The molecule has 3 unspecified atom stereocenters. The second-order valence-corrected chi connectivity index (χ2v) is 5.57. The molecular formula is C15H19ClN2O. The summed E-state index contributed by atoms with van der Waals surface area (Å²) in [5.74, 6) is -0.0319. The van der Waals surface area contributed by atoms with E-state index in [4.69, 9.17) is 17.3 Å². The minimum Gasteiger partial charge on any atom is -0.353 e. The number of halogens is 1. The number of carbonyl (C=O) groups excluding carboxylic acids is 1. The molecule has 1 aromatic rings. The Balaban J connectivity index is 1.86. The first-order chi connectivity index (χ1) is 9.04. The maximum absolute atomic E-state index is 12.0. The predicted molar refractivity (Wildman–Crippen MR) is 78.0 cm³/mol. The minimum absolute atomic E-state index is 0.0130. The first kappa shape index (κ1) is 14.1. The van der Waals surface area contributed by atoms with Gasteiger partial charge in [0.1, 0.15) is 0 Å². The Morgan fingerprint density at radius 3 is 2.95 bits per heavy atom. The molecule has 0 spiro atoms. The van der Waals surface area contributed by atoms with E-state index in [-0.39, 0.29) is 23.9 Å². The molecule has 0 saturated heterocycles. The number of nitrogens with two attached hydrogens (primary N) is 1. The molecule has 4 heteroatoms. The van der Waals surface area contributed by atoms with E-state index in [9.17, 15) is 4.79 Å². The van der Waals surface area contributed by atoms with Crippen molar-refractivity contribution in [2.24, 2.45) is 11.7 Å². The number of amides is 1. The molecule has 0 aliphatic heterocycles. The lowest BCUT2D eigenvalue weighted by Gasteiger charge is -2.17. The number of hydrogen-bond donors (Lipinski definition) is 2. The molecule has 0 saturated carbocycles.